The molecule has 4 rings (SSSR count). The summed E-state index contributed by atoms with van der Waals surface area (Å²) in [6.07, 6.45) is 2.72. The van der Waals surface area contributed by atoms with Gasteiger partial charge in [-0.1, -0.05) is 16.8 Å². The van der Waals surface area contributed by atoms with Gasteiger partial charge in [-0.05, 0) is 41.5 Å². The molecular formula is C19H17ClN4O3. The smallest absolute Gasteiger partial charge is 0.343 e. The first-order valence-corrected chi connectivity index (χ1v) is 8.90. The van der Waals surface area contributed by atoms with Crippen molar-refractivity contribution in [1.82, 2.24) is 15.5 Å². The zero-order valence-electron chi connectivity index (χ0n) is 14.3. The van der Waals surface area contributed by atoms with Crippen LogP contribution in [0, 0.1) is 0 Å². The Morgan fingerprint density at radius 2 is 2.15 bits per heavy atom. The number of aromatic carboxylic acids is 1. The number of aromatic nitrogens is 2. The van der Waals surface area contributed by atoms with Crippen molar-refractivity contribution < 1.29 is 14.4 Å². The van der Waals surface area contributed by atoms with Crippen LogP contribution in [-0.4, -0.2) is 27.8 Å². The van der Waals surface area contributed by atoms with E-state index in [-0.39, 0.29) is 17.1 Å². The lowest BCUT2D eigenvalue weighted by atomic mass is 10.1. The zero-order chi connectivity index (χ0) is 18.8. The number of anilines is 1. The molecule has 0 radical (unpaired) electrons. The lowest BCUT2D eigenvalue weighted by Crippen LogP contribution is -2.24. The van der Waals surface area contributed by atoms with E-state index in [0.29, 0.717) is 17.1 Å². The lowest BCUT2D eigenvalue weighted by Gasteiger charge is -2.16. The third-order valence-corrected chi connectivity index (χ3v) is 4.69. The Labute approximate surface area is 160 Å². The normalized spacial score (nSPS) is 13.2. The summed E-state index contributed by atoms with van der Waals surface area (Å²) in [7, 11) is 0. The molecule has 3 aromatic rings. The monoisotopic (exact) mass is 384 g/mol. The standard InChI is InChI=1S/C19H17ClN4O3/c20-14-3-1-12(2-4-14)17-16(19(25)26)18(24-27-17)23-9-11-7-13-10-21-6-5-15(13)22-8-11/h1-4,7-8,21H,5-6,9-10H2,(H,23,24)(H,25,26). The molecule has 0 unspecified atom stereocenters. The minimum absolute atomic E-state index is 0.00934. The maximum atomic E-state index is 11.8. The number of hydrogen-bond donors (Lipinski definition) is 3. The largest absolute Gasteiger partial charge is 0.477 e. The maximum absolute atomic E-state index is 11.8. The van der Waals surface area contributed by atoms with E-state index in [1.165, 1.54) is 5.56 Å². The number of nitrogens with one attached hydrogen (secondary N) is 2. The number of carboxylic acids is 1. The highest BCUT2D eigenvalue weighted by Gasteiger charge is 2.24. The topological polar surface area (TPSA) is 100 Å². The van der Waals surface area contributed by atoms with Crippen LogP contribution in [0.3, 0.4) is 0 Å². The summed E-state index contributed by atoms with van der Waals surface area (Å²) in [5.74, 6) is -0.741. The van der Waals surface area contributed by atoms with Crippen LogP contribution in [0.4, 0.5) is 5.82 Å². The van der Waals surface area contributed by atoms with Crippen molar-refractivity contribution in [2.45, 2.75) is 19.5 Å². The molecule has 0 spiro atoms. The van der Waals surface area contributed by atoms with E-state index in [4.69, 9.17) is 16.1 Å². The zero-order valence-corrected chi connectivity index (χ0v) is 15.1. The third-order valence-electron chi connectivity index (χ3n) is 4.44. The molecule has 138 valence electrons. The summed E-state index contributed by atoms with van der Waals surface area (Å²) in [6.45, 7) is 2.13. The van der Waals surface area contributed by atoms with E-state index in [9.17, 15) is 9.90 Å². The molecule has 0 fully saturated rings. The highest BCUT2D eigenvalue weighted by molar-refractivity contribution is 6.30. The van der Waals surface area contributed by atoms with Gasteiger partial charge in [-0.3, -0.25) is 4.98 Å². The van der Waals surface area contributed by atoms with Crippen LogP contribution in [0.1, 0.15) is 27.2 Å². The van der Waals surface area contributed by atoms with Gasteiger partial charge in [0.2, 0.25) is 0 Å². The molecule has 0 saturated heterocycles. The number of nitrogens with zero attached hydrogens (tertiary/aromatic N) is 2. The number of hydrogen-bond acceptors (Lipinski definition) is 6. The molecule has 2 aromatic heterocycles. The third kappa shape index (κ3) is 3.65. The van der Waals surface area contributed by atoms with Crippen molar-refractivity contribution in [2.75, 3.05) is 11.9 Å². The molecule has 0 saturated carbocycles. The second-order valence-corrected chi connectivity index (χ2v) is 6.71. The van der Waals surface area contributed by atoms with Gasteiger partial charge >= 0.3 is 5.97 Å². The molecule has 0 bridgehead atoms. The Hall–Kier alpha value is -2.90. The maximum Gasteiger partial charge on any atom is 0.343 e. The summed E-state index contributed by atoms with van der Waals surface area (Å²) in [5, 5.41) is 20.4. The van der Waals surface area contributed by atoms with Gasteiger partial charge < -0.3 is 20.3 Å². The second kappa shape index (κ2) is 7.38. The molecule has 0 aliphatic carbocycles. The molecule has 0 atom stereocenters. The summed E-state index contributed by atoms with van der Waals surface area (Å²) >= 11 is 5.89. The highest BCUT2D eigenvalue weighted by atomic mass is 35.5. The summed E-state index contributed by atoms with van der Waals surface area (Å²) < 4.78 is 5.30. The number of fused-ring (bicyclic) bond motifs is 1. The molecule has 8 heteroatoms. The Morgan fingerprint density at radius 3 is 2.93 bits per heavy atom. The van der Waals surface area contributed by atoms with E-state index < -0.39 is 5.97 Å². The average molecular weight is 385 g/mol. The SMILES string of the molecule is O=C(O)c1c(NCc2cnc3c(c2)CNCC3)noc1-c1ccc(Cl)cc1. The number of carbonyl (C=O) groups is 1. The van der Waals surface area contributed by atoms with E-state index in [0.717, 1.165) is 30.8 Å². The summed E-state index contributed by atoms with van der Waals surface area (Å²) in [6, 6.07) is 8.80. The molecule has 1 aromatic carbocycles. The predicted molar refractivity (Wildman–Crippen MR) is 101 cm³/mol. The highest BCUT2D eigenvalue weighted by Crippen LogP contribution is 2.30. The predicted octanol–water partition coefficient (Wildman–Crippen LogP) is 3.35. The van der Waals surface area contributed by atoms with Gasteiger partial charge in [0.15, 0.2) is 17.1 Å². The van der Waals surface area contributed by atoms with Gasteiger partial charge in [-0.15, -0.1) is 0 Å². The van der Waals surface area contributed by atoms with Crippen LogP contribution in [0.15, 0.2) is 41.1 Å². The van der Waals surface area contributed by atoms with E-state index in [1.54, 1.807) is 30.5 Å². The molecule has 1 aliphatic rings. The van der Waals surface area contributed by atoms with Crippen LogP contribution >= 0.6 is 11.6 Å². The van der Waals surface area contributed by atoms with Crippen molar-refractivity contribution >= 4 is 23.4 Å². The molecule has 0 amide bonds. The first-order chi connectivity index (χ1) is 13.1. The summed E-state index contributed by atoms with van der Waals surface area (Å²) in [5.41, 5.74) is 3.81. The molecule has 3 N–H and O–H groups in total. The van der Waals surface area contributed by atoms with Crippen LogP contribution in [-0.2, 0) is 19.5 Å². The van der Waals surface area contributed by atoms with E-state index in [2.05, 4.69) is 26.8 Å². The van der Waals surface area contributed by atoms with Gasteiger partial charge in [0.05, 0.1) is 0 Å². The fourth-order valence-corrected chi connectivity index (χ4v) is 3.21. The van der Waals surface area contributed by atoms with Crippen molar-refractivity contribution in [3.8, 4) is 11.3 Å². The fraction of sp³-hybridized carbons (Fsp3) is 0.211. The first-order valence-electron chi connectivity index (χ1n) is 8.52. The first kappa shape index (κ1) is 17.5. The van der Waals surface area contributed by atoms with Gasteiger partial charge in [0, 0.05) is 48.5 Å². The molecule has 1 aliphatic heterocycles. The minimum Gasteiger partial charge on any atom is -0.477 e. The molecule has 7 nitrogen and oxygen atoms in total. The van der Waals surface area contributed by atoms with Crippen LogP contribution < -0.4 is 10.6 Å². The lowest BCUT2D eigenvalue weighted by molar-refractivity contribution is 0.0698. The second-order valence-electron chi connectivity index (χ2n) is 6.28. The molecule has 27 heavy (non-hydrogen) atoms. The van der Waals surface area contributed by atoms with Gasteiger partial charge in [-0.2, -0.15) is 0 Å². The minimum atomic E-state index is -1.11. The van der Waals surface area contributed by atoms with Crippen molar-refractivity contribution in [2.24, 2.45) is 0 Å². The fourth-order valence-electron chi connectivity index (χ4n) is 3.09. The number of carboxylic acid groups (broad SMARTS) is 1. The van der Waals surface area contributed by atoms with Gasteiger partial charge in [0.1, 0.15) is 0 Å². The van der Waals surface area contributed by atoms with Crippen molar-refractivity contribution in [1.29, 1.82) is 0 Å². The molecular weight excluding hydrogens is 368 g/mol. The van der Waals surface area contributed by atoms with Crippen LogP contribution in [0.2, 0.25) is 5.02 Å². The van der Waals surface area contributed by atoms with Crippen molar-refractivity contribution in [3.05, 3.63) is 63.9 Å². The Bertz CT molecular complexity index is 985. The number of pyridine rings is 1. The Balaban J connectivity index is 1.57. The Kier molecular flexibility index (Phi) is 4.79. The number of benzene rings is 1. The van der Waals surface area contributed by atoms with Crippen LogP contribution in [0.5, 0.6) is 0 Å². The average Bonchev–Trinajstić information content (AvgIpc) is 3.11. The van der Waals surface area contributed by atoms with E-state index >= 15 is 0 Å². The molecule has 3 heterocycles. The quantitative estimate of drug-likeness (QED) is 0.620. The van der Waals surface area contributed by atoms with Crippen LogP contribution in [0.25, 0.3) is 11.3 Å². The van der Waals surface area contributed by atoms with Gasteiger partial charge in [-0.25, -0.2) is 4.79 Å². The summed E-state index contributed by atoms with van der Waals surface area (Å²) in [4.78, 5) is 16.3. The van der Waals surface area contributed by atoms with Gasteiger partial charge in [0.25, 0.3) is 0 Å². The Morgan fingerprint density at radius 1 is 1.33 bits per heavy atom. The van der Waals surface area contributed by atoms with Crippen molar-refractivity contribution in [3.63, 3.8) is 0 Å². The number of rotatable bonds is 5. The number of halogens is 1. The van der Waals surface area contributed by atoms with E-state index in [1.807, 2.05) is 0 Å².